The number of hydrogen-bond acceptors (Lipinski definition) is 1. The van der Waals surface area contributed by atoms with E-state index in [0.29, 0.717) is 0 Å². The molecule has 0 amide bonds. The van der Waals surface area contributed by atoms with Crippen molar-refractivity contribution in [2.24, 2.45) is 0 Å². The van der Waals surface area contributed by atoms with Crippen LogP contribution in [0.4, 0.5) is 0 Å². The van der Waals surface area contributed by atoms with Crippen molar-refractivity contribution < 1.29 is 0 Å². The van der Waals surface area contributed by atoms with Crippen molar-refractivity contribution in [1.29, 1.82) is 0 Å². The van der Waals surface area contributed by atoms with Gasteiger partial charge in [0.15, 0.2) is 0 Å². The zero-order chi connectivity index (χ0) is 29.6. The van der Waals surface area contributed by atoms with E-state index in [1.54, 1.807) is 0 Å². The summed E-state index contributed by atoms with van der Waals surface area (Å²) in [6, 6.07) is 49.2. The number of aryl methyl sites for hydroxylation is 1. The summed E-state index contributed by atoms with van der Waals surface area (Å²) in [6.45, 7) is 6.04. The molecular formula is C43H30S. The largest absolute Gasteiger partial charge is 0.140 e. The van der Waals surface area contributed by atoms with E-state index in [1.807, 2.05) is 23.5 Å². The van der Waals surface area contributed by atoms with Gasteiger partial charge in [-0.3, -0.25) is 0 Å². The minimum Gasteiger partial charge on any atom is -0.140 e. The summed E-state index contributed by atoms with van der Waals surface area (Å²) in [5, 5.41) is 8.94. The molecule has 0 aliphatic carbocycles. The van der Waals surface area contributed by atoms with Crippen LogP contribution in [-0.2, 0) is 0 Å². The quantitative estimate of drug-likeness (QED) is 0.141. The third-order valence-corrected chi connectivity index (χ3v) is 9.87. The molecule has 1 aromatic heterocycles. The van der Waals surface area contributed by atoms with Crippen LogP contribution in [0.2, 0.25) is 0 Å². The Bertz CT molecular complexity index is 2360. The summed E-state index contributed by atoms with van der Waals surface area (Å²) in [7, 11) is 0. The number of rotatable bonds is 5. The minimum atomic E-state index is 1.23. The highest BCUT2D eigenvalue weighted by atomic mass is 32.1. The fraction of sp³-hybridized carbons (Fsp3) is 0.0233. The number of hydrogen-bond donors (Lipinski definition) is 0. The van der Waals surface area contributed by atoms with E-state index >= 15 is 0 Å². The van der Waals surface area contributed by atoms with Crippen LogP contribution in [0.5, 0.6) is 0 Å². The predicted octanol–water partition coefficient (Wildman–Crippen LogP) is 12.9. The number of fused-ring (bicyclic) bond motifs is 4. The Balaban J connectivity index is 1.36. The van der Waals surface area contributed by atoms with Crippen LogP contribution in [0.3, 0.4) is 0 Å². The highest BCUT2D eigenvalue weighted by Crippen LogP contribution is 2.46. The number of allylic oxidation sites excluding steroid dienone is 2. The maximum absolute atomic E-state index is 3.84. The van der Waals surface area contributed by atoms with Crippen LogP contribution in [0.15, 0.2) is 152 Å². The van der Waals surface area contributed by atoms with Crippen molar-refractivity contribution in [2.45, 2.75) is 6.92 Å². The van der Waals surface area contributed by atoms with Gasteiger partial charge in [0.1, 0.15) is 0 Å². The molecule has 0 unspecified atom stereocenters. The smallest absolute Gasteiger partial charge is 0.0357 e. The highest BCUT2D eigenvalue weighted by molar-refractivity contribution is 7.19. The molecule has 44 heavy (non-hydrogen) atoms. The zero-order valence-corrected chi connectivity index (χ0v) is 25.4. The fourth-order valence-corrected chi connectivity index (χ4v) is 7.91. The van der Waals surface area contributed by atoms with Crippen molar-refractivity contribution in [3.8, 4) is 33.4 Å². The third-order valence-electron chi connectivity index (χ3n) is 8.79. The maximum atomic E-state index is 3.84. The number of benzene rings is 7. The Morgan fingerprint density at radius 1 is 0.523 bits per heavy atom. The molecule has 0 spiro atoms. The Morgan fingerprint density at radius 2 is 1.11 bits per heavy atom. The Hall–Kier alpha value is -5.24. The maximum Gasteiger partial charge on any atom is 0.0357 e. The van der Waals surface area contributed by atoms with Gasteiger partial charge in [-0.2, -0.15) is 0 Å². The Kier molecular flexibility index (Phi) is 6.47. The van der Waals surface area contributed by atoms with Crippen molar-refractivity contribution in [1.82, 2.24) is 0 Å². The van der Waals surface area contributed by atoms with E-state index in [4.69, 9.17) is 0 Å². The molecule has 8 aromatic rings. The highest BCUT2D eigenvalue weighted by Gasteiger charge is 2.18. The molecule has 7 aromatic carbocycles. The van der Waals surface area contributed by atoms with E-state index in [0.717, 1.165) is 0 Å². The van der Waals surface area contributed by atoms with Gasteiger partial charge in [-0.1, -0.05) is 146 Å². The fourth-order valence-electron chi connectivity index (χ4n) is 6.82. The van der Waals surface area contributed by atoms with Crippen molar-refractivity contribution in [3.63, 3.8) is 0 Å². The minimum absolute atomic E-state index is 1.23. The molecule has 0 bridgehead atoms. The molecule has 0 saturated carbocycles. The normalized spacial score (nSPS) is 11.8. The van der Waals surface area contributed by atoms with E-state index in [1.165, 1.54) is 86.2 Å². The molecule has 0 fully saturated rings. The van der Waals surface area contributed by atoms with Gasteiger partial charge in [-0.15, -0.1) is 11.3 Å². The first-order valence-electron chi connectivity index (χ1n) is 15.1. The second-order valence-corrected chi connectivity index (χ2v) is 12.6. The van der Waals surface area contributed by atoms with Gasteiger partial charge in [0, 0.05) is 9.58 Å². The first-order chi connectivity index (χ1) is 21.7. The first kappa shape index (κ1) is 26.4. The monoisotopic (exact) mass is 578 g/mol. The summed E-state index contributed by atoms with van der Waals surface area (Å²) in [5.74, 6) is 0. The van der Waals surface area contributed by atoms with Crippen molar-refractivity contribution in [2.75, 3.05) is 0 Å². The summed E-state index contributed by atoms with van der Waals surface area (Å²) in [6.07, 6.45) is 6.02. The molecule has 8 rings (SSSR count). The standard InChI is InChI=1S/C43H30S/c1-3-4-17-33-28(2)44-41-27-31(24-25-35(33)41)30-15-11-16-32(26-30)42-37-19-7-9-21-39(37)43(40-22-10-8-20-38(40)42)36-23-12-14-29-13-5-6-18-34(29)36/h3-27H,1H2,2H3/b17-4-. The van der Waals surface area contributed by atoms with Gasteiger partial charge in [-0.25, -0.2) is 0 Å². The summed E-state index contributed by atoms with van der Waals surface area (Å²) >= 11 is 1.86. The molecule has 0 saturated heterocycles. The van der Waals surface area contributed by atoms with Gasteiger partial charge in [0.05, 0.1) is 0 Å². The predicted molar refractivity (Wildman–Crippen MR) is 195 cm³/mol. The SMILES string of the molecule is C=C/C=C\c1c(C)sc2cc(-c3cccc(-c4c5ccccc5c(-c5cccc6ccccc56)c5ccccc45)c3)ccc12. The average Bonchev–Trinajstić information content (AvgIpc) is 3.39. The van der Waals surface area contributed by atoms with Crippen LogP contribution >= 0.6 is 11.3 Å². The lowest BCUT2D eigenvalue weighted by Gasteiger charge is -2.19. The molecule has 208 valence electrons. The van der Waals surface area contributed by atoms with Gasteiger partial charge >= 0.3 is 0 Å². The molecule has 0 nitrogen and oxygen atoms in total. The van der Waals surface area contributed by atoms with Gasteiger partial charge in [0.2, 0.25) is 0 Å². The lowest BCUT2D eigenvalue weighted by Crippen LogP contribution is -1.92. The van der Waals surface area contributed by atoms with E-state index in [9.17, 15) is 0 Å². The van der Waals surface area contributed by atoms with Crippen molar-refractivity contribution in [3.05, 3.63) is 163 Å². The van der Waals surface area contributed by atoms with Gasteiger partial charge < -0.3 is 0 Å². The van der Waals surface area contributed by atoms with Gasteiger partial charge in [-0.05, 0) is 95.7 Å². The van der Waals surface area contributed by atoms with Crippen LogP contribution in [0.1, 0.15) is 10.4 Å². The molecule has 1 heterocycles. The lowest BCUT2D eigenvalue weighted by molar-refractivity contribution is 1.61. The molecule has 0 atom stereocenters. The average molecular weight is 579 g/mol. The van der Waals surface area contributed by atoms with Crippen molar-refractivity contribution >= 4 is 59.8 Å². The molecular weight excluding hydrogens is 549 g/mol. The second-order valence-electron chi connectivity index (χ2n) is 11.3. The van der Waals surface area contributed by atoms with E-state index < -0.39 is 0 Å². The topological polar surface area (TPSA) is 0 Å². The summed E-state index contributed by atoms with van der Waals surface area (Å²) in [4.78, 5) is 1.33. The summed E-state index contributed by atoms with van der Waals surface area (Å²) < 4.78 is 1.31. The second kappa shape index (κ2) is 10.8. The van der Waals surface area contributed by atoms with Crippen LogP contribution in [0, 0.1) is 6.92 Å². The molecule has 0 N–H and O–H groups in total. The molecule has 0 aliphatic heterocycles. The Labute approximate surface area is 261 Å². The Morgan fingerprint density at radius 3 is 1.84 bits per heavy atom. The lowest BCUT2D eigenvalue weighted by atomic mass is 9.84. The van der Waals surface area contributed by atoms with E-state index in [2.05, 4.69) is 153 Å². The molecule has 0 aliphatic rings. The van der Waals surface area contributed by atoms with Gasteiger partial charge in [0.25, 0.3) is 0 Å². The van der Waals surface area contributed by atoms with Crippen LogP contribution < -0.4 is 0 Å². The molecule has 0 radical (unpaired) electrons. The van der Waals surface area contributed by atoms with Crippen LogP contribution in [0.25, 0.3) is 81.9 Å². The zero-order valence-electron chi connectivity index (χ0n) is 24.5. The van der Waals surface area contributed by atoms with Crippen LogP contribution in [-0.4, -0.2) is 0 Å². The number of thiophene rings is 1. The first-order valence-corrected chi connectivity index (χ1v) is 15.9. The summed E-state index contributed by atoms with van der Waals surface area (Å²) in [5.41, 5.74) is 8.84. The van der Waals surface area contributed by atoms with E-state index in [-0.39, 0.29) is 0 Å². The molecule has 1 heteroatoms. The third kappa shape index (κ3) is 4.28.